The number of rotatable bonds is 2. The van der Waals surface area contributed by atoms with Gasteiger partial charge in [-0.3, -0.25) is 0 Å². The molecule has 3 rings (SSSR count). The van der Waals surface area contributed by atoms with Crippen LogP contribution in [0.5, 0.6) is 0 Å². The number of amides is 1. The van der Waals surface area contributed by atoms with Gasteiger partial charge in [0, 0.05) is 25.7 Å². The van der Waals surface area contributed by atoms with Crippen LogP contribution in [0.15, 0.2) is 11.2 Å². The van der Waals surface area contributed by atoms with Crippen molar-refractivity contribution in [3.05, 3.63) is 22.9 Å². The van der Waals surface area contributed by atoms with E-state index in [-0.39, 0.29) is 11.6 Å². The summed E-state index contributed by atoms with van der Waals surface area (Å²) in [7, 11) is 1.72. The van der Waals surface area contributed by atoms with Gasteiger partial charge in [0.05, 0.1) is 11.2 Å². The predicted molar refractivity (Wildman–Crippen MR) is 106 cm³/mol. The van der Waals surface area contributed by atoms with Crippen molar-refractivity contribution in [2.75, 3.05) is 25.5 Å². The molecule has 1 fully saturated rings. The topological polar surface area (TPSA) is 105 Å². The van der Waals surface area contributed by atoms with E-state index in [0.29, 0.717) is 18.9 Å². The van der Waals surface area contributed by atoms with E-state index < -0.39 is 5.60 Å². The molecule has 0 aliphatic carbocycles. The van der Waals surface area contributed by atoms with Crippen molar-refractivity contribution >= 4 is 17.7 Å². The molecule has 2 aliphatic heterocycles. The molecule has 2 aliphatic rings. The van der Waals surface area contributed by atoms with Crippen LogP contribution in [-0.2, 0) is 11.2 Å². The fraction of sp³-hybridized carbons (Fsp3) is 0.632. The molecule has 1 aromatic heterocycles. The Bertz CT molecular complexity index is 770. The number of ether oxygens (including phenoxy) is 1. The van der Waals surface area contributed by atoms with Crippen LogP contribution >= 0.6 is 0 Å². The summed E-state index contributed by atoms with van der Waals surface area (Å²) in [6, 6.07) is 2.06. The summed E-state index contributed by atoms with van der Waals surface area (Å²) in [6.07, 6.45) is 2.46. The number of aromatic nitrogens is 1. The van der Waals surface area contributed by atoms with Gasteiger partial charge in [0.25, 0.3) is 0 Å². The first-order valence-corrected chi connectivity index (χ1v) is 9.39. The minimum atomic E-state index is -0.483. The second-order valence-electron chi connectivity index (χ2n) is 8.41. The Balaban J connectivity index is 1.76. The maximum absolute atomic E-state index is 12.4. The monoisotopic (exact) mass is 374 g/mol. The highest BCUT2D eigenvalue weighted by molar-refractivity contribution is 5.98. The number of carbonyl (C=O) groups is 1. The van der Waals surface area contributed by atoms with Crippen molar-refractivity contribution in [1.82, 2.24) is 15.3 Å². The second-order valence-corrected chi connectivity index (χ2v) is 8.41. The molecule has 1 spiro atoms. The summed E-state index contributed by atoms with van der Waals surface area (Å²) < 4.78 is 5.52. The summed E-state index contributed by atoms with van der Waals surface area (Å²) in [5, 5.41) is 7.66. The number of aryl methyl sites for hydroxylation is 2. The Morgan fingerprint density at radius 2 is 2.19 bits per heavy atom. The lowest BCUT2D eigenvalue weighted by Gasteiger charge is -2.36. The Morgan fingerprint density at radius 1 is 1.44 bits per heavy atom. The molecular formula is C19H30N6O2. The molecule has 0 aromatic carbocycles. The third-order valence-electron chi connectivity index (χ3n) is 5.06. The molecule has 1 atom stereocenters. The van der Waals surface area contributed by atoms with Crippen molar-refractivity contribution in [2.45, 2.75) is 58.1 Å². The minimum absolute atomic E-state index is 0.143. The maximum Gasteiger partial charge on any atom is 0.410 e. The molecule has 8 nitrogen and oxygen atoms in total. The van der Waals surface area contributed by atoms with Gasteiger partial charge in [0.2, 0.25) is 0 Å². The average Bonchev–Trinajstić information content (AvgIpc) is 2.96. The van der Waals surface area contributed by atoms with Gasteiger partial charge in [-0.15, -0.1) is 0 Å². The highest BCUT2D eigenvalue weighted by Crippen LogP contribution is 2.37. The molecule has 0 bridgehead atoms. The predicted octanol–water partition coefficient (Wildman–Crippen LogP) is 1.97. The first-order chi connectivity index (χ1) is 12.6. The van der Waals surface area contributed by atoms with E-state index in [9.17, 15) is 4.79 Å². The second kappa shape index (κ2) is 6.90. The Hall–Kier alpha value is -2.51. The van der Waals surface area contributed by atoms with Crippen molar-refractivity contribution in [3.63, 3.8) is 0 Å². The molecule has 3 heterocycles. The number of amidine groups is 1. The van der Waals surface area contributed by atoms with Gasteiger partial charge in [-0.25, -0.2) is 9.78 Å². The van der Waals surface area contributed by atoms with Crippen molar-refractivity contribution in [3.8, 4) is 0 Å². The first kappa shape index (κ1) is 19.3. The van der Waals surface area contributed by atoms with Crippen LogP contribution < -0.4 is 16.5 Å². The molecule has 27 heavy (non-hydrogen) atoms. The number of fused-ring (bicyclic) bond motifs is 1. The first-order valence-electron chi connectivity index (χ1n) is 9.39. The van der Waals surface area contributed by atoms with E-state index in [1.165, 1.54) is 0 Å². The highest BCUT2D eigenvalue weighted by atomic mass is 16.6. The Kier molecular flexibility index (Phi) is 4.92. The highest BCUT2D eigenvalue weighted by Gasteiger charge is 2.43. The van der Waals surface area contributed by atoms with Gasteiger partial charge in [0.15, 0.2) is 5.84 Å². The normalized spacial score (nSPS) is 22.4. The summed E-state index contributed by atoms with van der Waals surface area (Å²) in [5.74, 6) is 1.31. The van der Waals surface area contributed by atoms with Crippen molar-refractivity contribution in [1.29, 1.82) is 0 Å². The van der Waals surface area contributed by atoms with E-state index in [1.54, 1.807) is 11.9 Å². The summed E-state index contributed by atoms with van der Waals surface area (Å²) in [4.78, 5) is 18.9. The van der Waals surface area contributed by atoms with E-state index in [4.69, 9.17) is 15.5 Å². The number of anilines is 1. The minimum Gasteiger partial charge on any atom is -0.444 e. The van der Waals surface area contributed by atoms with E-state index in [2.05, 4.69) is 21.9 Å². The van der Waals surface area contributed by atoms with E-state index in [1.807, 2.05) is 27.7 Å². The van der Waals surface area contributed by atoms with Crippen LogP contribution in [0.3, 0.4) is 0 Å². The van der Waals surface area contributed by atoms with Crippen molar-refractivity contribution < 1.29 is 9.53 Å². The fourth-order valence-corrected chi connectivity index (χ4v) is 3.73. The molecule has 0 unspecified atom stereocenters. The number of hydrogen-bond acceptors (Lipinski definition) is 6. The quantitative estimate of drug-likeness (QED) is 0.415. The Labute approximate surface area is 160 Å². The largest absolute Gasteiger partial charge is 0.444 e. The van der Waals surface area contributed by atoms with E-state index in [0.717, 1.165) is 41.9 Å². The van der Waals surface area contributed by atoms with Crippen LogP contribution in [0, 0.1) is 6.92 Å². The molecule has 1 aromatic rings. The number of likely N-dealkylation sites (tertiary alicyclic amines) is 1. The number of hydrogen-bond donors (Lipinski definition) is 3. The van der Waals surface area contributed by atoms with Gasteiger partial charge in [-0.1, -0.05) is 0 Å². The molecule has 148 valence electrons. The number of nitrogens with one attached hydrogen (secondary N) is 2. The smallest absolute Gasteiger partial charge is 0.410 e. The van der Waals surface area contributed by atoms with Crippen LogP contribution in [0.2, 0.25) is 0 Å². The van der Waals surface area contributed by atoms with Crippen LogP contribution in [0.1, 0.15) is 50.4 Å². The Morgan fingerprint density at radius 3 is 2.85 bits per heavy atom. The summed E-state index contributed by atoms with van der Waals surface area (Å²) in [5.41, 5.74) is 10.9. The zero-order chi connectivity index (χ0) is 19.8. The van der Waals surface area contributed by atoms with Gasteiger partial charge in [-0.05, 0) is 58.6 Å². The lowest BCUT2D eigenvalue weighted by Crippen LogP contribution is -2.46. The molecule has 0 radical (unpaired) electrons. The SMILES string of the molecule is CN/N=C(\N)c1cc2c(nc1C)N[C@@]1(CC2)CCN(C(=O)OC(C)(C)C)C1. The van der Waals surface area contributed by atoms with Gasteiger partial charge in [0.1, 0.15) is 11.4 Å². The lowest BCUT2D eigenvalue weighted by molar-refractivity contribution is 0.0285. The zero-order valence-electron chi connectivity index (χ0n) is 16.8. The maximum atomic E-state index is 12.4. The third kappa shape index (κ3) is 4.09. The average molecular weight is 374 g/mol. The van der Waals surface area contributed by atoms with Crippen LogP contribution in [0.25, 0.3) is 0 Å². The molecule has 1 amide bonds. The molecular weight excluding hydrogens is 344 g/mol. The number of nitrogens with two attached hydrogens (primary N) is 1. The van der Waals surface area contributed by atoms with E-state index >= 15 is 0 Å². The van der Waals surface area contributed by atoms with Crippen LogP contribution in [0.4, 0.5) is 10.6 Å². The zero-order valence-corrected chi connectivity index (χ0v) is 16.8. The van der Waals surface area contributed by atoms with Crippen molar-refractivity contribution in [2.24, 2.45) is 10.8 Å². The van der Waals surface area contributed by atoms with Crippen LogP contribution in [-0.4, -0.2) is 53.1 Å². The fourth-order valence-electron chi connectivity index (χ4n) is 3.73. The van der Waals surface area contributed by atoms with Gasteiger partial charge >= 0.3 is 6.09 Å². The lowest BCUT2D eigenvalue weighted by atomic mass is 9.86. The summed E-state index contributed by atoms with van der Waals surface area (Å²) >= 11 is 0. The standard InChI is InChI=1S/C19H30N6O2/c1-12-14(15(20)24-21-5)10-13-6-7-19(23-16(13)22-12)8-9-25(11-19)17(26)27-18(2,3)4/h10,21H,6-9,11H2,1-5H3,(H2,20,24)(H,22,23)/t19-/m0/s1. The molecule has 0 saturated carbocycles. The summed E-state index contributed by atoms with van der Waals surface area (Å²) in [6.45, 7) is 8.92. The number of carbonyl (C=O) groups excluding carboxylic acids is 1. The van der Waals surface area contributed by atoms with Gasteiger partial charge in [-0.2, -0.15) is 5.10 Å². The third-order valence-corrected chi connectivity index (χ3v) is 5.06. The number of nitrogens with zero attached hydrogens (tertiary/aromatic N) is 3. The molecule has 8 heteroatoms. The number of pyridine rings is 1. The van der Waals surface area contributed by atoms with Gasteiger partial charge < -0.3 is 26.1 Å². The number of hydrazone groups is 1. The molecule has 4 N–H and O–H groups in total. The molecule has 1 saturated heterocycles.